The molecule has 0 radical (unpaired) electrons. The van der Waals surface area contributed by atoms with Gasteiger partial charge in [0.05, 0.1) is 5.60 Å². The first-order valence-corrected chi connectivity index (χ1v) is 7.23. The third-order valence-corrected chi connectivity index (χ3v) is 4.31. The smallest absolute Gasteiger partial charge is 0.244 e. The molecule has 1 rings (SSSR count). The number of sulfonamides is 1. The summed E-state index contributed by atoms with van der Waals surface area (Å²) in [5.41, 5.74) is -0.965. The summed E-state index contributed by atoms with van der Waals surface area (Å²) in [6, 6.07) is 4.52. The Labute approximate surface area is 113 Å². The van der Waals surface area contributed by atoms with Gasteiger partial charge in [-0.3, -0.25) is 0 Å². The van der Waals surface area contributed by atoms with Crippen LogP contribution in [0.2, 0.25) is 0 Å². The maximum atomic E-state index is 12.3. The fourth-order valence-corrected chi connectivity index (χ4v) is 3.10. The molecule has 0 atom stereocenters. The van der Waals surface area contributed by atoms with E-state index in [0.29, 0.717) is 0 Å². The van der Waals surface area contributed by atoms with Crippen molar-refractivity contribution in [3.63, 3.8) is 0 Å². The molecule has 0 spiro atoms. The highest BCUT2D eigenvalue weighted by Crippen LogP contribution is 2.17. The molecule has 0 saturated heterocycles. The minimum absolute atomic E-state index is 0.00810. The number of aromatic nitrogens is 1. The average molecular weight is 283 g/mol. The van der Waals surface area contributed by atoms with Gasteiger partial charge >= 0.3 is 0 Å². The first kappa shape index (κ1) is 15.6. The molecular weight excluding hydrogens is 266 g/mol. The van der Waals surface area contributed by atoms with Crippen LogP contribution in [0.4, 0.5) is 0 Å². The highest BCUT2D eigenvalue weighted by atomic mass is 32.2. The van der Waals surface area contributed by atoms with Gasteiger partial charge in [-0.25, -0.2) is 13.4 Å². The normalized spacial score (nSPS) is 12.4. The topological polar surface area (TPSA) is 94.3 Å². The van der Waals surface area contributed by atoms with Crippen LogP contribution in [-0.2, 0) is 10.0 Å². The van der Waals surface area contributed by atoms with Gasteiger partial charge in [0.15, 0.2) is 0 Å². The van der Waals surface area contributed by atoms with Crippen LogP contribution in [0.1, 0.15) is 26.5 Å². The monoisotopic (exact) mass is 283 g/mol. The molecule has 1 heterocycles. The van der Waals surface area contributed by atoms with Crippen molar-refractivity contribution in [3.05, 3.63) is 24.0 Å². The Morgan fingerprint density at radius 2 is 2.11 bits per heavy atom. The van der Waals surface area contributed by atoms with Crippen LogP contribution in [0.5, 0.6) is 0 Å². The number of hydrogen-bond donors (Lipinski definition) is 1. The summed E-state index contributed by atoms with van der Waals surface area (Å²) >= 11 is 0. The molecule has 0 bridgehead atoms. The Hall–Kier alpha value is -1.49. The molecule has 0 unspecified atom stereocenters. The van der Waals surface area contributed by atoms with Gasteiger partial charge in [0.1, 0.15) is 16.7 Å². The molecule has 0 amide bonds. The number of pyridine rings is 1. The molecule has 0 fully saturated rings. The Morgan fingerprint density at radius 3 is 2.47 bits per heavy atom. The minimum Gasteiger partial charge on any atom is -0.389 e. The van der Waals surface area contributed by atoms with Gasteiger partial charge in [0.25, 0.3) is 0 Å². The van der Waals surface area contributed by atoms with Crippen molar-refractivity contribution in [2.75, 3.05) is 13.1 Å². The van der Waals surface area contributed by atoms with Crippen LogP contribution >= 0.6 is 0 Å². The second-order valence-corrected chi connectivity index (χ2v) is 6.67. The summed E-state index contributed by atoms with van der Waals surface area (Å²) in [6.45, 7) is 5.02. The Kier molecular flexibility index (Phi) is 4.63. The van der Waals surface area contributed by atoms with Gasteiger partial charge < -0.3 is 5.11 Å². The predicted molar refractivity (Wildman–Crippen MR) is 69.7 cm³/mol. The molecule has 1 N–H and O–H groups in total. The number of aliphatic hydroxyl groups is 1. The maximum absolute atomic E-state index is 12.3. The summed E-state index contributed by atoms with van der Waals surface area (Å²) in [6.07, 6.45) is 1.15. The predicted octanol–water partition coefficient (Wildman–Crippen LogP) is 0.735. The molecule has 7 heteroatoms. The highest BCUT2D eigenvalue weighted by Gasteiger charge is 2.28. The number of nitrogens with zero attached hydrogens (tertiary/aromatic N) is 3. The Bertz CT molecular complexity index is 568. The van der Waals surface area contributed by atoms with E-state index in [2.05, 4.69) is 4.98 Å². The van der Waals surface area contributed by atoms with Crippen LogP contribution in [0, 0.1) is 11.3 Å². The van der Waals surface area contributed by atoms with Crippen molar-refractivity contribution in [2.45, 2.75) is 31.3 Å². The van der Waals surface area contributed by atoms with Gasteiger partial charge in [-0.05, 0) is 26.0 Å². The zero-order chi connectivity index (χ0) is 14.7. The SMILES string of the molecule is CCN(CC(C)(C)O)S(=O)(=O)c1ccc(C#N)nc1. The van der Waals surface area contributed by atoms with Gasteiger partial charge in [-0.2, -0.15) is 9.57 Å². The van der Waals surface area contributed by atoms with Crippen molar-refractivity contribution in [1.29, 1.82) is 5.26 Å². The lowest BCUT2D eigenvalue weighted by Gasteiger charge is -2.27. The highest BCUT2D eigenvalue weighted by molar-refractivity contribution is 7.89. The number of nitriles is 1. The largest absolute Gasteiger partial charge is 0.389 e. The molecule has 0 aliphatic carbocycles. The summed E-state index contributed by atoms with van der Waals surface area (Å²) < 4.78 is 25.8. The van der Waals surface area contributed by atoms with Crippen LogP contribution in [0.3, 0.4) is 0 Å². The summed E-state index contributed by atoms with van der Waals surface area (Å²) in [5, 5.41) is 18.4. The summed E-state index contributed by atoms with van der Waals surface area (Å²) in [7, 11) is -3.71. The average Bonchev–Trinajstić information content (AvgIpc) is 2.34. The number of likely N-dealkylation sites (N-methyl/N-ethyl adjacent to an activating group) is 1. The zero-order valence-electron chi connectivity index (χ0n) is 11.2. The second kappa shape index (κ2) is 5.65. The van der Waals surface area contributed by atoms with E-state index in [1.165, 1.54) is 16.4 Å². The first-order valence-electron chi connectivity index (χ1n) is 5.79. The van der Waals surface area contributed by atoms with E-state index >= 15 is 0 Å². The molecule has 6 nitrogen and oxygen atoms in total. The zero-order valence-corrected chi connectivity index (χ0v) is 12.0. The lowest BCUT2D eigenvalue weighted by Crippen LogP contribution is -2.42. The van der Waals surface area contributed by atoms with Crippen molar-refractivity contribution in [3.8, 4) is 6.07 Å². The molecule has 0 aromatic carbocycles. The van der Waals surface area contributed by atoms with Crippen molar-refractivity contribution >= 4 is 10.0 Å². The third-order valence-electron chi connectivity index (χ3n) is 2.40. The third kappa shape index (κ3) is 3.99. The molecule has 1 aromatic heterocycles. The van der Waals surface area contributed by atoms with E-state index in [1.807, 2.05) is 6.07 Å². The first-order chi connectivity index (χ1) is 8.70. The summed E-state index contributed by atoms with van der Waals surface area (Å²) in [4.78, 5) is 3.76. The van der Waals surface area contributed by atoms with Crippen molar-refractivity contribution in [1.82, 2.24) is 9.29 Å². The number of hydrogen-bond acceptors (Lipinski definition) is 5. The minimum atomic E-state index is -3.71. The molecule has 104 valence electrons. The Balaban J connectivity index is 3.10. The van der Waals surface area contributed by atoms with E-state index in [0.717, 1.165) is 6.20 Å². The fourth-order valence-electron chi connectivity index (χ4n) is 1.55. The van der Waals surface area contributed by atoms with Crippen LogP contribution < -0.4 is 0 Å². The Morgan fingerprint density at radius 1 is 1.47 bits per heavy atom. The molecule has 1 aromatic rings. The van der Waals surface area contributed by atoms with E-state index in [-0.39, 0.29) is 23.7 Å². The van der Waals surface area contributed by atoms with E-state index in [9.17, 15) is 13.5 Å². The van der Waals surface area contributed by atoms with Crippen LogP contribution in [0.25, 0.3) is 0 Å². The second-order valence-electron chi connectivity index (χ2n) is 4.73. The van der Waals surface area contributed by atoms with E-state index in [4.69, 9.17) is 5.26 Å². The van der Waals surface area contributed by atoms with Gasteiger partial charge in [-0.15, -0.1) is 0 Å². The molecule has 0 aliphatic heterocycles. The van der Waals surface area contributed by atoms with Gasteiger partial charge in [-0.1, -0.05) is 6.92 Å². The van der Waals surface area contributed by atoms with Crippen LogP contribution in [0.15, 0.2) is 23.2 Å². The lowest BCUT2D eigenvalue weighted by atomic mass is 10.1. The van der Waals surface area contributed by atoms with Gasteiger partial charge in [0, 0.05) is 19.3 Å². The quantitative estimate of drug-likeness (QED) is 0.860. The van der Waals surface area contributed by atoms with Gasteiger partial charge in [0.2, 0.25) is 10.0 Å². The maximum Gasteiger partial charge on any atom is 0.244 e. The van der Waals surface area contributed by atoms with E-state index < -0.39 is 15.6 Å². The number of rotatable bonds is 5. The standard InChI is InChI=1S/C12H17N3O3S/c1-4-15(9-12(2,3)16)19(17,18)11-6-5-10(7-13)14-8-11/h5-6,8,16H,4,9H2,1-3H3. The van der Waals surface area contributed by atoms with E-state index in [1.54, 1.807) is 20.8 Å². The fraction of sp³-hybridized carbons (Fsp3) is 0.500. The van der Waals surface area contributed by atoms with Crippen LogP contribution in [-0.4, -0.2) is 41.5 Å². The molecule has 19 heavy (non-hydrogen) atoms. The van der Waals surface area contributed by atoms with Crippen molar-refractivity contribution < 1.29 is 13.5 Å². The molecule has 0 saturated carbocycles. The molecular formula is C12H17N3O3S. The summed E-state index contributed by atoms with van der Waals surface area (Å²) in [5.74, 6) is 0. The lowest BCUT2D eigenvalue weighted by molar-refractivity contribution is 0.0601. The molecule has 0 aliphatic rings. The van der Waals surface area contributed by atoms with Crippen molar-refractivity contribution in [2.24, 2.45) is 0 Å².